The highest BCUT2D eigenvalue weighted by molar-refractivity contribution is 5.78. The van der Waals surface area contributed by atoms with E-state index >= 15 is 0 Å². The van der Waals surface area contributed by atoms with E-state index in [1.807, 2.05) is 34.6 Å². The molecule has 9 heteroatoms. The molecular formula is C28H43NO8. The van der Waals surface area contributed by atoms with Crippen molar-refractivity contribution in [3.63, 3.8) is 0 Å². The van der Waals surface area contributed by atoms with E-state index in [9.17, 15) is 19.2 Å². The number of carbonyl (C=O) groups is 4. The minimum absolute atomic E-state index is 0.0763. The molecule has 0 heterocycles. The molecule has 2 N–H and O–H groups in total. The Bertz CT molecular complexity index is 938. The van der Waals surface area contributed by atoms with Crippen LogP contribution >= 0.6 is 0 Å². The Kier molecular flexibility index (Phi) is 12.8. The maximum atomic E-state index is 12.5. The maximum Gasteiger partial charge on any atom is 0.323 e. The highest BCUT2D eigenvalue weighted by Gasteiger charge is 2.28. The third-order valence-corrected chi connectivity index (χ3v) is 5.57. The molecule has 0 saturated heterocycles. The summed E-state index contributed by atoms with van der Waals surface area (Å²) in [5.74, 6) is -1.55. The monoisotopic (exact) mass is 521 g/mol. The second-order valence-corrected chi connectivity index (χ2v) is 10.8. The lowest BCUT2D eigenvalue weighted by atomic mass is 9.91. The molecule has 0 unspecified atom stereocenters. The minimum atomic E-state index is -1.02. The topological polar surface area (TPSA) is 131 Å². The Morgan fingerprint density at radius 3 is 1.95 bits per heavy atom. The van der Waals surface area contributed by atoms with Crippen molar-refractivity contribution in [2.75, 3.05) is 6.61 Å². The number of esters is 4. The lowest BCUT2D eigenvalue weighted by Crippen LogP contribution is -2.38. The molecule has 0 aliphatic rings. The maximum absolute atomic E-state index is 12.5. The van der Waals surface area contributed by atoms with Crippen LogP contribution in [0.4, 0.5) is 0 Å². The molecule has 0 aliphatic carbocycles. The summed E-state index contributed by atoms with van der Waals surface area (Å²) in [6, 6.07) is 3.67. The number of ether oxygens (including phenoxy) is 4. The minimum Gasteiger partial charge on any atom is -0.461 e. The highest BCUT2D eigenvalue weighted by atomic mass is 16.6. The summed E-state index contributed by atoms with van der Waals surface area (Å²) >= 11 is 0. The van der Waals surface area contributed by atoms with Gasteiger partial charge in [-0.2, -0.15) is 0 Å². The second-order valence-electron chi connectivity index (χ2n) is 10.8. The van der Waals surface area contributed by atoms with Crippen LogP contribution in [0.25, 0.3) is 0 Å². The molecule has 1 rings (SSSR count). The molecule has 0 spiro atoms. The normalized spacial score (nSPS) is 13.2. The third kappa shape index (κ3) is 11.8. The summed E-state index contributed by atoms with van der Waals surface area (Å²) in [4.78, 5) is 49.1. The number of hydrogen-bond acceptors (Lipinski definition) is 9. The average molecular weight is 522 g/mol. The van der Waals surface area contributed by atoms with Gasteiger partial charge in [0, 0.05) is 12.8 Å². The van der Waals surface area contributed by atoms with Crippen molar-refractivity contribution in [2.24, 2.45) is 23.0 Å². The number of benzene rings is 1. The van der Waals surface area contributed by atoms with Crippen LogP contribution in [0, 0.1) is 17.3 Å². The lowest BCUT2D eigenvalue weighted by Gasteiger charge is -2.22. The Hall–Kier alpha value is -2.94. The number of hydrogen-bond donors (Lipinski definition) is 1. The zero-order valence-corrected chi connectivity index (χ0v) is 23.4. The van der Waals surface area contributed by atoms with Crippen molar-refractivity contribution in [1.29, 1.82) is 0 Å². The van der Waals surface area contributed by atoms with Crippen LogP contribution < -0.4 is 15.2 Å². The molecule has 9 nitrogen and oxygen atoms in total. The number of nitrogens with two attached hydrogens (primary N) is 1. The van der Waals surface area contributed by atoms with Gasteiger partial charge in [-0.25, -0.2) is 0 Å². The summed E-state index contributed by atoms with van der Waals surface area (Å²) in [6.45, 7) is 14.6. The molecule has 0 aliphatic heterocycles. The van der Waals surface area contributed by atoms with Gasteiger partial charge in [-0.3, -0.25) is 19.2 Å². The molecule has 208 valence electrons. The van der Waals surface area contributed by atoms with Crippen molar-refractivity contribution in [3.05, 3.63) is 23.8 Å². The largest absolute Gasteiger partial charge is 0.461 e. The van der Waals surface area contributed by atoms with Gasteiger partial charge in [-0.05, 0) is 63.1 Å². The van der Waals surface area contributed by atoms with Crippen LogP contribution in [0.2, 0.25) is 0 Å². The predicted octanol–water partition coefficient (Wildman–Crippen LogP) is 4.37. The Morgan fingerprint density at radius 2 is 1.43 bits per heavy atom. The van der Waals surface area contributed by atoms with Crippen LogP contribution in [-0.2, 0) is 35.1 Å². The van der Waals surface area contributed by atoms with E-state index in [1.165, 1.54) is 12.1 Å². The van der Waals surface area contributed by atoms with E-state index in [1.54, 1.807) is 26.8 Å². The van der Waals surface area contributed by atoms with Crippen molar-refractivity contribution in [3.8, 4) is 11.5 Å². The lowest BCUT2D eigenvalue weighted by molar-refractivity contribution is -0.164. The van der Waals surface area contributed by atoms with Gasteiger partial charge in [-0.15, -0.1) is 0 Å². The van der Waals surface area contributed by atoms with Gasteiger partial charge < -0.3 is 24.7 Å². The molecule has 0 fully saturated rings. The Balaban J connectivity index is 2.88. The third-order valence-electron chi connectivity index (χ3n) is 5.57. The van der Waals surface area contributed by atoms with Crippen LogP contribution in [-0.4, -0.2) is 42.6 Å². The number of rotatable bonds is 14. The Morgan fingerprint density at radius 1 is 0.892 bits per heavy atom. The first-order chi connectivity index (χ1) is 17.1. The van der Waals surface area contributed by atoms with Crippen molar-refractivity contribution < 1.29 is 38.1 Å². The zero-order valence-electron chi connectivity index (χ0n) is 23.4. The van der Waals surface area contributed by atoms with Gasteiger partial charge in [0.15, 0.2) is 11.5 Å². The van der Waals surface area contributed by atoms with Gasteiger partial charge in [-0.1, -0.05) is 40.7 Å². The predicted molar refractivity (Wildman–Crippen MR) is 139 cm³/mol. The summed E-state index contributed by atoms with van der Waals surface area (Å²) in [5.41, 5.74) is 6.03. The second kappa shape index (κ2) is 14.7. The van der Waals surface area contributed by atoms with Gasteiger partial charge in [0.05, 0.1) is 5.41 Å². The van der Waals surface area contributed by atoms with Crippen LogP contribution in [0.1, 0.15) is 80.2 Å². The first-order valence-corrected chi connectivity index (χ1v) is 12.8. The van der Waals surface area contributed by atoms with Crippen LogP contribution in [0.5, 0.6) is 11.5 Å². The fourth-order valence-electron chi connectivity index (χ4n) is 3.03. The molecule has 0 saturated carbocycles. The van der Waals surface area contributed by atoms with Gasteiger partial charge in [0.2, 0.25) is 0 Å². The number of carbonyl (C=O) groups excluding carboxylic acids is 4. The van der Waals surface area contributed by atoms with E-state index in [0.29, 0.717) is 12.0 Å². The zero-order chi connectivity index (χ0) is 28.3. The van der Waals surface area contributed by atoms with Gasteiger partial charge >= 0.3 is 23.9 Å². The SMILES string of the molecule is CCC(C)(C)C(=O)OC[C@H](C)OC(=O)[C@@H](N)Cc1ccc(OC(=O)CC(C)C)c(OC(=O)CC(C)C)c1. The first kappa shape index (κ1) is 32.1. The fourth-order valence-corrected chi connectivity index (χ4v) is 3.03. The van der Waals surface area contributed by atoms with E-state index in [2.05, 4.69) is 0 Å². The van der Waals surface area contributed by atoms with Gasteiger partial charge in [0.25, 0.3) is 0 Å². The molecule has 2 atom stereocenters. The van der Waals surface area contributed by atoms with Crippen molar-refractivity contribution in [2.45, 2.75) is 93.2 Å². The van der Waals surface area contributed by atoms with Gasteiger partial charge in [0.1, 0.15) is 18.8 Å². The highest BCUT2D eigenvalue weighted by Crippen LogP contribution is 2.30. The summed E-state index contributed by atoms with van der Waals surface area (Å²) < 4.78 is 21.5. The van der Waals surface area contributed by atoms with E-state index in [4.69, 9.17) is 24.7 Å². The molecule has 0 aromatic heterocycles. The molecular weight excluding hydrogens is 478 g/mol. The molecule has 37 heavy (non-hydrogen) atoms. The summed E-state index contributed by atoms with van der Waals surface area (Å²) in [7, 11) is 0. The van der Waals surface area contributed by atoms with Crippen molar-refractivity contribution in [1.82, 2.24) is 0 Å². The average Bonchev–Trinajstić information content (AvgIpc) is 2.77. The smallest absolute Gasteiger partial charge is 0.323 e. The summed E-state index contributed by atoms with van der Waals surface area (Å²) in [5, 5.41) is 0. The van der Waals surface area contributed by atoms with E-state index in [0.717, 1.165) is 0 Å². The van der Waals surface area contributed by atoms with Crippen LogP contribution in [0.3, 0.4) is 0 Å². The molecule has 0 amide bonds. The first-order valence-electron chi connectivity index (χ1n) is 12.8. The van der Waals surface area contributed by atoms with E-state index in [-0.39, 0.29) is 55.2 Å². The summed E-state index contributed by atoms with van der Waals surface area (Å²) in [6.07, 6.45) is 0.429. The molecule has 1 aromatic rings. The Labute approximate surface area is 220 Å². The van der Waals surface area contributed by atoms with Crippen LogP contribution in [0.15, 0.2) is 18.2 Å². The fraction of sp³-hybridized carbons (Fsp3) is 0.643. The van der Waals surface area contributed by atoms with E-state index < -0.39 is 35.5 Å². The van der Waals surface area contributed by atoms with Crippen molar-refractivity contribution >= 4 is 23.9 Å². The molecule has 0 bridgehead atoms. The standard InChI is InChI=1S/C28H43NO8/c1-9-28(7,8)27(33)34-16-19(6)35-26(32)21(29)14-20-10-11-22(36-24(30)12-17(2)3)23(15-20)37-25(31)13-18(4)5/h10-11,15,17-19,21H,9,12-14,16,29H2,1-8H3/t19-,21-/m0/s1. The molecule has 1 aromatic carbocycles. The molecule has 0 radical (unpaired) electrons. The quantitative estimate of drug-likeness (QED) is 0.280.